The van der Waals surface area contributed by atoms with E-state index in [0.717, 1.165) is 6.42 Å². The molecule has 0 unspecified atom stereocenters. The van der Waals surface area contributed by atoms with Gasteiger partial charge in [-0.2, -0.15) is 0 Å². The molecule has 0 saturated carbocycles. The molecule has 0 aliphatic heterocycles. The van der Waals surface area contributed by atoms with E-state index in [2.05, 4.69) is 42.1 Å². The van der Waals surface area contributed by atoms with Gasteiger partial charge in [-0.3, -0.25) is 0 Å². The number of aromatic nitrogens is 1. The van der Waals surface area contributed by atoms with Crippen molar-refractivity contribution in [3.63, 3.8) is 0 Å². The van der Waals surface area contributed by atoms with E-state index < -0.39 is 0 Å². The number of rotatable bonds is 3. The molecule has 0 aliphatic rings. The molecule has 1 aromatic heterocycles. The zero-order chi connectivity index (χ0) is 10.8. The van der Waals surface area contributed by atoms with Crippen LogP contribution in [0.2, 0.25) is 0 Å². The fourth-order valence-corrected chi connectivity index (χ4v) is 2.32. The number of nitrogens with zero attached hydrogens (tertiary/aromatic N) is 1. The predicted octanol–water partition coefficient (Wildman–Crippen LogP) is 2.40. The number of hydrogen-bond donors (Lipinski definition) is 1. The van der Waals surface area contributed by atoms with E-state index in [9.17, 15) is 0 Å². The summed E-state index contributed by atoms with van der Waals surface area (Å²) in [7, 11) is 2.11. The molecule has 1 heterocycles. The molecule has 0 fully saturated rings. The second kappa shape index (κ2) is 4.29. The zero-order valence-corrected chi connectivity index (χ0v) is 9.97. The first-order valence-corrected chi connectivity index (χ1v) is 6.31. The van der Waals surface area contributed by atoms with Gasteiger partial charge in [-0.25, -0.2) is 0 Å². The monoisotopic (exact) mass is 220 g/mol. The SMILES string of the molecule is CSc1ccc2cc(CCN)n(C)c2c1. The summed E-state index contributed by atoms with van der Waals surface area (Å²) in [6.45, 7) is 0.708. The predicted molar refractivity (Wildman–Crippen MR) is 67.5 cm³/mol. The molecule has 0 aliphatic carbocycles. The number of nitrogens with two attached hydrogens (primary N) is 1. The molecular formula is C12H16N2S. The molecule has 2 N–H and O–H groups in total. The Bertz CT molecular complexity index is 474. The normalized spacial score (nSPS) is 11.1. The summed E-state index contributed by atoms with van der Waals surface area (Å²) in [5.41, 5.74) is 8.20. The topological polar surface area (TPSA) is 30.9 Å². The number of fused-ring (bicyclic) bond motifs is 1. The van der Waals surface area contributed by atoms with Gasteiger partial charge in [0.15, 0.2) is 0 Å². The summed E-state index contributed by atoms with van der Waals surface area (Å²) in [6.07, 6.45) is 3.05. The third-order valence-electron chi connectivity index (χ3n) is 2.75. The Morgan fingerprint density at radius 2 is 2.13 bits per heavy atom. The summed E-state index contributed by atoms with van der Waals surface area (Å²) in [5.74, 6) is 0. The average molecular weight is 220 g/mol. The fraction of sp³-hybridized carbons (Fsp3) is 0.333. The Labute approximate surface area is 94.5 Å². The molecule has 0 radical (unpaired) electrons. The van der Waals surface area contributed by atoms with Gasteiger partial charge >= 0.3 is 0 Å². The van der Waals surface area contributed by atoms with Gasteiger partial charge in [0, 0.05) is 23.2 Å². The second-order valence-electron chi connectivity index (χ2n) is 3.66. The van der Waals surface area contributed by atoms with Crippen LogP contribution in [0.15, 0.2) is 29.2 Å². The highest BCUT2D eigenvalue weighted by molar-refractivity contribution is 7.98. The molecule has 80 valence electrons. The molecule has 0 atom stereocenters. The molecule has 2 nitrogen and oxygen atoms in total. The molecule has 0 amide bonds. The van der Waals surface area contributed by atoms with Gasteiger partial charge < -0.3 is 10.3 Å². The minimum atomic E-state index is 0.708. The van der Waals surface area contributed by atoms with E-state index in [1.54, 1.807) is 11.8 Å². The fourth-order valence-electron chi connectivity index (χ4n) is 1.88. The number of thioether (sulfide) groups is 1. The number of aryl methyl sites for hydroxylation is 1. The Hall–Kier alpha value is -0.930. The molecule has 0 saturated heterocycles. The van der Waals surface area contributed by atoms with Crippen LogP contribution in [-0.2, 0) is 13.5 Å². The van der Waals surface area contributed by atoms with E-state index in [0.29, 0.717) is 6.54 Å². The lowest BCUT2D eigenvalue weighted by molar-refractivity contribution is 0.827. The van der Waals surface area contributed by atoms with Gasteiger partial charge in [-0.05, 0) is 42.8 Å². The van der Waals surface area contributed by atoms with Crippen LogP contribution in [-0.4, -0.2) is 17.4 Å². The van der Waals surface area contributed by atoms with Crippen LogP contribution in [0.5, 0.6) is 0 Å². The Kier molecular flexibility index (Phi) is 3.03. The summed E-state index contributed by atoms with van der Waals surface area (Å²) in [6, 6.07) is 8.81. The van der Waals surface area contributed by atoms with Crippen molar-refractivity contribution in [3.8, 4) is 0 Å². The van der Waals surface area contributed by atoms with Crippen LogP contribution < -0.4 is 5.73 Å². The maximum absolute atomic E-state index is 5.59. The Balaban J connectivity index is 2.56. The molecule has 0 spiro atoms. The lowest BCUT2D eigenvalue weighted by Gasteiger charge is -2.03. The molecule has 2 aromatic rings. The van der Waals surface area contributed by atoms with E-state index in [-0.39, 0.29) is 0 Å². The van der Waals surface area contributed by atoms with E-state index in [1.807, 2.05) is 0 Å². The van der Waals surface area contributed by atoms with E-state index in [1.165, 1.54) is 21.5 Å². The van der Waals surface area contributed by atoms with Crippen LogP contribution in [0.4, 0.5) is 0 Å². The lowest BCUT2D eigenvalue weighted by Crippen LogP contribution is -2.06. The maximum atomic E-state index is 5.59. The first-order valence-electron chi connectivity index (χ1n) is 5.08. The summed E-state index contributed by atoms with van der Waals surface area (Å²) < 4.78 is 2.24. The summed E-state index contributed by atoms with van der Waals surface area (Å²) >= 11 is 1.78. The highest BCUT2D eigenvalue weighted by Gasteiger charge is 2.05. The molecular weight excluding hydrogens is 204 g/mol. The van der Waals surface area contributed by atoms with Crippen molar-refractivity contribution in [2.75, 3.05) is 12.8 Å². The number of hydrogen-bond acceptors (Lipinski definition) is 2. The highest BCUT2D eigenvalue weighted by atomic mass is 32.2. The Morgan fingerprint density at radius 3 is 2.80 bits per heavy atom. The average Bonchev–Trinajstić information content (AvgIpc) is 2.56. The zero-order valence-electron chi connectivity index (χ0n) is 9.16. The molecule has 2 rings (SSSR count). The third-order valence-corrected chi connectivity index (χ3v) is 3.48. The molecule has 15 heavy (non-hydrogen) atoms. The largest absolute Gasteiger partial charge is 0.348 e. The smallest absolute Gasteiger partial charge is 0.0491 e. The van der Waals surface area contributed by atoms with Gasteiger partial charge in [-0.15, -0.1) is 11.8 Å². The van der Waals surface area contributed by atoms with Crippen molar-refractivity contribution < 1.29 is 0 Å². The molecule has 1 aromatic carbocycles. The first kappa shape index (κ1) is 10.6. The van der Waals surface area contributed by atoms with Crippen LogP contribution in [0.25, 0.3) is 10.9 Å². The van der Waals surface area contributed by atoms with Crippen molar-refractivity contribution in [2.45, 2.75) is 11.3 Å². The van der Waals surface area contributed by atoms with E-state index in [4.69, 9.17) is 5.73 Å². The maximum Gasteiger partial charge on any atom is 0.0491 e. The summed E-state index contributed by atoms with van der Waals surface area (Å²) in [4.78, 5) is 1.31. The summed E-state index contributed by atoms with van der Waals surface area (Å²) in [5, 5.41) is 1.30. The highest BCUT2D eigenvalue weighted by Crippen LogP contribution is 2.24. The van der Waals surface area contributed by atoms with Crippen LogP contribution in [0, 0.1) is 0 Å². The van der Waals surface area contributed by atoms with Crippen molar-refractivity contribution in [2.24, 2.45) is 12.8 Å². The van der Waals surface area contributed by atoms with Crippen LogP contribution in [0.1, 0.15) is 5.69 Å². The Morgan fingerprint density at radius 1 is 1.33 bits per heavy atom. The number of benzene rings is 1. The van der Waals surface area contributed by atoms with Gasteiger partial charge in [-0.1, -0.05) is 6.07 Å². The quantitative estimate of drug-likeness (QED) is 0.805. The van der Waals surface area contributed by atoms with Crippen LogP contribution in [0.3, 0.4) is 0 Å². The molecule has 3 heteroatoms. The van der Waals surface area contributed by atoms with E-state index >= 15 is 0 Å². The third kappa shape index (κ3) is 1.90. The second-order valence-corrected chi connectivity index (χ2v) is 4.54. The van der Waals surface area contributed by atoms with Crippen molar-refractivity contribution in [1.29, 1.82) is 0 Å². The van der Waals surface area contributed by atoms with Gasteiger partial charge in [0.25, 0.3) is 0 Å². The molecule has 0 bridgehead atoms. The minimum Gasteiger partial charge on any atom is -0.348 e. The van der Waals surface area contributed by atoms with Crippen molar-refractivity contribution >= 4 is 22.7 Å². The van der Waals surface area contributed by atoms with Gasteiger partial charge in [0.2, 0.25) is 0 Å². The van der Waals surface area contributed by atoms with Gasteiger partial charge in [0.1, 0.15) is 0 Å². The first-order chi connectivity index (χ1) is 7.26. The standard InChI is InChI=1S/C12H16N2S/c1-14-10(5-6-13)7-9-3-4-11(15-2)8-12(9)14/h3-4,7-8H,5-6,13H2,1-2H3. The van der Waals surface area contributed by atoms with Crippen LogP contribution >= 0.6 is 11.8 Å². The van der Waals surface area contributed by atoms with Crippen molar-refractivity contribution in [3.05, 3.63) is 30.0 Å². The minimum absolute atomic E-state index is 0.708. The lowest BCUT2D eigenvalue weighted by atomic mass is 10.2. The van der Waals surface area contributed by atoms with Crippen molar-refractivity contribution in [1.82, 2.24) is 4.57 Å². The van der Waals surface area contributed by atoms with Gasteiger partial charge in [0.05, 0.1) is 0 Å².